The molecule has 0 aliphatic carbocycles. The minimum Gasteiger partial charge on any atom is -0.340 e. The standard InChI is InChI=1S/C19H23N5O/c1-2-18-20-9-11-24(18)14-6-5-10-23(13-14)19(25)12-17-15-7-3-4-8-16(15)21-22-17/h3-4,7-9,11,14H,2,5-6,10,12-13H2,1H3,(H,21,22)/t14-/m0/s1. The van der Waals surface area contributed by atoms with Gasteiger partial charge >= 0.3 is 0 Å². The van der Waals surface area contributed by atoms with Gasteiger partial charge in [-0.2, -0.15) is 5.10 Å². The van der Waals surface area contributed by atoms with E-state index in [-0.39, 0.29) is 5.91 Å². The number of amides is 1. The van der Waals surface area contributed by atoms with Crippen molar-refractivity contribution in [3.8, 4) is 0 Å². The summed E-state index contributed by atoms with van der Waals surface area (Å²) in [5.74, 6) is 1.26. The number of carbonyl (C=O) groups excluding carboxylic acids is 1. The van der Waals surface area contributed by atoms with E-state index in [2.05, 4.69) is 26.7 Å². The van der Waals surface area contributed by atoms with Crippen LogP contribution in [0.2, 0.25) is 0 Å². The Kier molecular flexibility index (Phi) is 4.26. The van der Waals surface area contributed by atoms with Crippen molar-refractivity contribution in [3.63, 3.8) is 0 Å². The van der Waals surface area contributed by atoms with Crippen molar-refractivity contribution in [2.24, 2.45) is 0 Å². The normalized spacial score (nSPS) is 18.0. The van der Waals surface area contributed by atoms with Crippen LogP contribution in [-0.2, 0) is 17.6 Å². The topological polar surface area (TPSA) is 66.8 Å². The molecule has 4 rings (SSSR count). The van der Waals surface area contributed by atoms with E-state index < -0.39 is 0 Å². The second-order valence-electron chi connectivity index (χ2n) is 6.64. The summed E-state index contributed by atoms with van der Waals surface area (Å²) in [4.78, 5) is 19.2. The number of hydrogen-bond acceptors (Lipinski definition) is 3. The molecule has 1 aromatic carbocycles. The molecule has 6 nitrogen and oxygen atoms in total. The number of hydrogen-bond donors (Lipinski definition) is 1. The first-order valence-corrected chi connectivity index (χ1v) is 8.97. The molecule has 1 aliphatic heterocycles. The number of nitrogens with zero attached hydrogens (tertiary/aromatic N) is 4. The molecular formula is C19H23N5O. The van der Waals surface area contributed by atoms with E-state index in [1.54, 1.807) is 0 Å². The van der Waals surface area contributed by atoms with Crippen LogP contribution in [0.4, 0.5) is 0 Å². The Bertz CT molecular complexity index is 881. The zero-order chi connectivity index (χ0) is 17.2. The molecule has 25 heavy (non-hydrogen) atoms. The van der Waals surface area contributed by atoms with Crippen molar-refractivity contribution in [3.05, 3.63) is 48.2 Å². The Morgan fingerprint density at radius 2 is 2.24 bits per heavy atom. The summed E-state index contributed by atoms with van der Waals surface area (Å²) in [6.45, 7) is 3.71. The van der Waals surface area contributed by atoms with Crippen LogP contribution < -0.4 is 0 Å². The summed E-state index contributed by atoms with van der Waals surface area (Å²) in [5, 5.41) is 8.35. The number of aryl methyl sites for hydroxylation is 1. The second-order valence-corrected chi connectivity index (χ2v) is 6.64. The van der Waals surface area contributed by atoms with Gasteiger partial charge in [0.1, 0.15) is 5.82 Å². The molecule has 3 heterocycles. The van der Waals surface area contributed by atoms with Crippen molar-refractivity contribution < 1.29 is 4.79 Å². The Labute approximate surface area is 146 Å². The van der Waals surface area contributed by atoms with Gasteiger partial charge < -0.3 is 9.47 Å². The molecule has 3 aromatic rings. The van der Waals surface area contributed by atoms with Crippen molar-refractivity contribution in [2.75, 3.05) is 13.1 Å². The zero-order valence-electron chi connectivity index (χ0n) is 14.5. The van der Waals surface area contributed by atoms with Crippen LogP contribution in [0.3, 0.4) is 0 Å². The van der Waals surface area contributed by atoms with E-state index in [0.717, 1.165) is 54.8 Å². The molecule has 0 unspecified atom stereocenters. The first-order valence-electron chi connectivity index (χ1n) is 8.97. The minimum atomic E-state index is 0.164. The van der Waals surface area contributed by atoms with Crippen molar-refractivity contribution in [1.82, 2.24) is 24.6 Å². The highest BCUT2D eigenvalue weighted by molar-refractivity contribution is 5.87. The van der Waals surface area contributed by atoms with Gasteiger partial charge in [0.25, 0.3) is 0 Å². The van der Waals surface area contributed by atoms with Gasteiger partial charge in [-0.3, -0.25) is 9.89 Å². The average Bonchev–Trinajstić information content (AvgIpc) is 3.29. The predicted molar refractivity (Wildman–Crippen MR) is 96.3 cm³/mol. The van der Waals surface area contributed by atoms with Crippen LogP contribution in [-0.4, -0.2) is 43.6 Å². The summed E-state index contributed by atoms with van der Waals surface area (Å²) >= 11 is 0. The number of H-pyrrole nitrogens is 1. The first kappa shape index (κ1) is 15.9. The maximum absolute atomic E-state index is 12.8. The van der Waals surface area contributed by atoms with E-state index in [0.29, 0.717) is 12.5 Å². The summed E-state index contributed by atoms with van der Waals surface area (Å²) < 4.78 is 2.24. The zero-order valence-corrected chi connectivity index (χ0v) is 14.5. The summed E-state index contributed by atoms with van der Waals surface area (Å²) in [7, 11) is 0. The molecule has 6 heteroatoms. The average molecular weight is 337 g/mol. The van der Waals surface area contributed by atoms with Crippen LogP contribution in [0.25, 0.3) is 10.9 Å². The highest BCUT2D eigenvalue weighted by atomic mass is 16.2. The van der Waals surface area contributed by atoms with Crippen LogP contribution in [0.15, 0.2) is 36.7 Å². The number of carbonyl (C=O) groups is 1. The summed E-state index contributed by atoms with van der Waals surface area (Å²) in [6, 6.07) is 8.24. The molecule has 2 aromatic heterocycles. The largest absolute Gasteiger partial charge is 0.340 e. The van der Waals surface area contributed by atoms with Crippen LogP contribution in [0, 0.1) is 0 Å². The molecule has 1 saturated heterocycles. The summed E-state index contributed by atoms with van der Waals surface area (Å²) in [5.41, 5.74) is 1.81. The van der Waals surface area contributed by atoms with Gasteiger partial charge in [0.05, 0.1) is 23.7 Å². The highest BCUT2D eigenvalue weighted by Gasteiger charge is 2.26. The van der Waals surface area contributed by atoms with E-state index in [1.165, 1.54) is 0 Å². The lowest BCUT2D eigenvalue weighted by molar-refractivity contribution is -0.132. The van der Waals surface area contributed by atoms with Gasteiger partial charge in [0, 0.05) is 37.3 Å². The molecule has 1 atom stereocenters. The van der Waals surface area contributed by atoms with Gasteiger partial charge in [-0.25, -0.2) is 4.98 Å². The second kappa shape index (κ2) is 6.70. The third kappa shape index (κ3) is 3.04. The Morgan fingerprint density at radius 3 is 3.12 bits per heavy atom. The number of benzene rings is 1. The molecule has 0 spiro atoms. The lowest BCUT2D eigenvalue weighted by Gasteiger charge is -2.34. The molecule has 1 N–H and O–H groups in total. The monoisotopic (exact) mass is 337 g/mol. The van der Waals surface area contributed by atoms with Crippen LogP contribution in [0.5, 0.6) is 0 Å². The third-order valence-electron chi connectivity index (χ3n) is 5.08. The van der Waals surface area contributed by atoms with E-state index in [4.69, 9.17) is 0 Å². The fraction of sp³-hybridized carbons (Fsp3) is 0.421. The van der Waals surface area contributed by atoms with Gasteiger partial charge in [-0.15, -0.1) is 0 Å². The molecule has 0 saturated carbocycles. The lowest BCUT2D eigenvalue weighted by atomic mass is 10.0. The fourth-order valence-corrected chi connectivity index (χ4v) is 3.77. The summed E-state index contributed by atoms with van der Waals surface area (Å²) in [6.07, 6.45) is 7.31. The molecule has 0 bridgehead atoms. The van der Waals surface area contributed by atoms with Gasteiger partial charge in [0.2, 0.25) is 5.91 Å². The SMILES string of the molecule is CCc1nccn1[C@H]1CCCN(C(=O)Cc2[nH]nc3ccccc23)C1. The van der Waals surface area contributed by atoms with E-state index >= 15 is 0 Å². The minimum absolute atomic E-state index is 0.164. The highest BCUT2D eigenvalue weighted by Crippen LogP contribution is 2.24. The molecule has 1 amide bonds. The number of aromatic amines is 1. The number of aromatic nitrogens is 4. The molecule has 1 fully saturated rings. The molecule has 0 radical (unpaired) electrons. The quantitative estimate of drug-likeness (QED) is 0.796. The number of likely N-dealkylation sites (tertiary alicyclic amines) is 1. The van der Waals surface area contributed by atoms with E-state index in [9.17, 15) is 4.79 Å². The molecular weight excluding hydrogens is 314 g/mol. The Morgan fingerprint density at radius 1 is 1.36 bits per heavy atom. The maximum atomic E-state index is 12.8. The number of nitrogens with one attached hydrogen (secondary N) is 1. The van der Waals surface area contributed by atoms with Gasteiger partial charge in [-0.1, -0.05) is 25.1 Å². The van der Waals surface area contributed by atoms with Crippen molar-refractivity contribution in [1.29, 1.82) is 0 Å². The van der Waals surface area contributed by atoms with Crippen molar-refractivity contribution in [2.45, 2.75) is 38.6 Å². The van der Waals surface area contributed by atoms with Crippen LogP contribution in [0.1, 0.15) is 37.3 Å². The number of para-hydroxylation sites is 1. The number of rotatable bonds is 4. The van der Waals surface area contributed by atoms with E-state index in [1.807, 2.05) is 41.6 Å². The Balaban J connectivity index is 1.48. The number of piperidine rings is 1. The first-order chi connectivity index (χ1) is 12.3. The molecule has 1 aliphatic rings. The van der Waals surface area contributed by atoms with Gasteiger partial charge in [0.15, 0.2) is 0 Å². The lowest BCUT2D eigenvalue weighted by Crippen LogP contribution is -2.41. The third-order valence-corrected chi connectivity index (χ3v) is 5.08. The predicted octanol–water partition coefficient (Wildman–Crippen LogP) is 2.73. The fourth-order valence-electron chi connectivity index (χ4n) is 3.77. The van der Waals surface area contributed by atoms with Crippen molar-refractivity contribution >= 4 is 16.8 Å². The number of imidazole rings is 1. The van der Waals surface area contributed by atoms with Crippen LogP contribution >= 0.6 is 0 Å². The Hall–Kier alpha value is -2.63. The van der Waals surface area contributed by atoms with Gasteiger partial charge in [-0.05, 0) is 18.9 Å². The smallest absolute Gasteiger partial charge is 0.228 e. The molecule has 130 valence electrons. The number of fused-ring (bicyclic) bond motifs is 1. The maximum Gasteiger partial charge on any atom is 0.228 e.